The smallest absolute Gasteiger partial charge is 0.251 e. The Balaban J connectivity index is 1.54. The Hall–Kier alpha value is -2.54. The molecule has 2 aromatic carbocycles. The molecule has 1 heterocycles. The Labute approximate surface area is 166 Å². The SMILES string of the molecule is C[C@@H](NC(=O)c1ccc(Br)cc1)C(=O)N(C)C[C@H]1COc2ccccc2O1. The molecule has 2 aromatic rings. The van der Waals surface area contributed by atoms with E-state index in [9.17, 15) is 9.59 Å². The van der Waals surface area contributed by atoms with Crippen molar-refractivity contribution in [2.45, 2.75) is 19.1 Å². The van der Waals surface area contributed by atoms with Crippen LogP contribution >= 0.6 is 15.9 Å². The van der Waals surface area contributed by atoms with Crippen molar-refractivity contribution in [3.8, 4) is 11.5 Å². The fourth-order valence-corrected chi connectivity index (χ4v) is 3.09. The summed E-state index contributed by atoms with van der Waals surface area (Å²) >= 11 is 3.33. The minimum atomic E-state index is -0.650. The van der Waals surface area contributed by atoms with E-state index in [2.05, 4.69) is 21.2 Å². The van der Waals surface area contributed by atoms with Gasteiger partial charge in [-0.1, -0.05) is 28.1 Å². The van der Waals surface area contributed by atoms with Gasteiger partial charge in [0.05, 0.1) is 6.54 Å². The van der Waals surface area contributed by atoms with Crippen molar-refractivity contribution in [1.29, 1.82) is 0 Å². The van der Waals surface area contributed by atoms with Crippen molar-refractivity contribution in [3.05, 3.63) is 58.6 Å². The summed E-state index contributed by atoms with van der Waals surface area (Å²) in [4.78, 5) is 26.4. The molecule has 0 fully saturated rings. The van der Waals surface area contributed by atoms with Crippen LogP contribution < -0.4 is 14.8 Å². The highest BCUT2D eigenvalue weighted by Crippen LogP contribution is 2.30. The third-order valence-electron chi connectivity index (χ3n) is 4.25. The molecule has 0 saturated carbocycles. The first kappa shape index (κ1) is 19.2. The van der Waals surface area contributed by atoms with E-state index in [4.69, 9.17) is 9.47 Å². The average Bonchev–Trinajstić information content (AvgIpc) is 2.67. The number of rotatable bonds is 5. The van der Waals surface area contributed by atoms with E-state index < -0.39 is 6.04 Å². The van der Waals surface area contributed by atoms with Crippen LogP contribution in [0.5, 0.6) is 11.5 Å². The first-order valence-corrected chi connectivity index (χ1v) is 9.43. The summed E-state index contributed by atoms with van der Waals surface area (Å²) in [7, 11) is 1.69. The van der Waals surface area contributed by atoms with Gasteiger partial charge in [0, 0.05) is 17.1 Å². The lowest BCUT2D eigenvalue weighted by Crippen LogP contribution is -2.49. The van der Waals surface area contributed by atoms with Crippen LogP contribution in [0.25, 0.3) is 0 Å². The van der Waals surface area contributed by atoms with Gasteiger partial charge in [-0.2, -0.15) is 0 Å². The van der Waals surface area contributed by atoms with Crippen LogP contribution in [0, 0.1) is 0 Å². The number of hydrogen-bond donors (Lipinski definition) is 1. The molecule has 2 atom stereocenters. The van der Waals surface area contributed by atoms with E-state index in [1.54, 1.807) is 43.1 Å². The van der Waals surface area contributed by atoms with Crippen molar-refractivity contribution in [2.75, 3.05) is 20.2 Å². The van der Waals surface area contributed by atoms with Crippen LogP contribution in [0.4, 0.5) is 0 Å². The van der Waals surface area contributed by atoms with Gasteiger partial charge in [0.25, 0.3) is 5.91 Å². The number of likely N-dealkylation sites (N-methyl/N-ethyl adjacent to an activating group) is 1. The maximum atomic E-state index is 12.6. The molecular formula is C20H21BrN2O4. The maximum Gasteiger partial charge on any atom is 0.251 e. The summed E-state index contributed by atoms with van der Waals surface area (Å²) in [6.45, 7) is 2.41. The highest BCUT2D eigenvalue weighted by Gasteiger charge is 2.26. The largest absolute Gasteiger partial charge is 0.486 e. The maximum absolute atomic E-state index is 12.6. The number of ether oxygens (including phenoxy) is 2. The number of amides is 2. The Morgan fingerprint density at radius 2 is 1.85 bits per heavy atom. The van der Waals surface area contributed by atoms with Gasteiger partial charge in [-0.05, 0) is 43.3 Å². The molecule has 0 aromatic heterocycles. The molecule has 1 aliphatic rings. The van der Waals surface area contributed by atoms with E-state index in [1.165, 1.54) is 0 Å². The highest BCUT2D eigenvalue weighted by atomic mass is 79.9. The van der Waals surface area contributed by atoms with Crippen LogP contribution in [0.2, 0.25) is 0 Å². The molecule has 1 aliphatic heterocycles. The molecule has 0 saturated heterocycles. The summed E-state index contributed by atoms with van der Waals surface area (Å²) in [5.74, 6) is 0.898. The van der Waals surface area contributed by atoms with E-state index >= 15 is 0 Å². The van der Waals surface area contributed by atoms with E-state index in [1.807, 2.05) is 24.3 Å². The second kappa shape index (κ2) is 8.43. The van der Waals surface area contributed by atoms with Crippen molar-refractivity contribution in [3.63, 3.8) is 0 Å². The molecule has 0 aliphatic carbocycles. The lowest BCUT2D eigenvalue weighted by atomic mass is 10.2. The second-order valence-electron chi connectivity index (χ2n) is 6.42. The predicted octanol–water partition coefficient (Wildman–Crippen LogP) is 2.87. The summed E-state index contributed by atoms with van der Waals surface area (Å²) in [6.07, 6.45) is -0.261. The number of nitrogens with one attached hydrogen (secondary N) is 1. The molecule has 6 nitrogen and oxygen atoms in total. The topological polar surface area (TPSA) is 67.9 Å². The van der Waals surface area contributed by atoms with Gasteiger partial charge in [0.1, 0.15) is 12.6 Å². The minimum Gasteiger partial charge on any atom is -0.486 e. The highest BCUT2D eigenvalue weighted by molar-refractivity contribution is 9.10. The monoisotopic (exact) mass is 432 g/mol. The first-order valence-electron chi connectivity index (χ1n) is 8.64. The molecule has 0 spiro atoms. The Morgan fingerprint density at radius 3 is 2.56 bits per heavy atom. The fraction of sp³-hybridized carbons (Fsp3) is 0.300. The molecule has 27 heavy (non-hydrogen) atoms. The zero-order chi connectivity index (χ0) is 19.4. The number of fused-ring (bicyclic) bond motifs is 1. The van der Waals surface area contributed by atoms with Crippen molar-refractivity contribution in [1.82, 2.24) is 10.2 Å². The minimum absolute atomic E-state index is 0.192. The van der Waals surface area contributed by atoms with E-state index in [0.29, 0.717) is 30.2 Å². The first-order chi connectivity index (χ1) is 12.9. The number of halogens is 1. The van der Waals surface area contributed by atoms with Gasteiger partial charge in [0.2, 0.25) is 5.91 Å². The van der Waals surface area contributed by atoms with Gasteiger partial charge >= 0.3 is 0 Å². The third-order valence-corrected chi connectivity index (χ3v) is 4.77. The van der Waals surface area contributed by atoms with Crippen molar-refractivity contribution >= 4 is 27.7 Å². The summed E-state index contributed by atoms with van der Waals surface area (Å²) in [5, 5.41) is 2.73. The van der Waals surface area contributed by atoms with Gasteiger partial charge in [-0.15, -0.1) is 0 Å². The molecule has 0 bridgehead atoms. The molecule has 2 amide bonds. The standard InChI is InChI=1S/C20H21BrN2O4/c1-13(22-19(24)14-7-9-15(21)10-8-14)20(25)23(2)11-16-12-26-17-5-3-4-6-18(17)27-16/h3-10,13,16H,11-12H2,1-2H3,(H,22,24)/t13-,16+/m1/s1. The zero-order valence-corrected chi connectivity index (χ0v) is 16.7. The molecule has 7 heteroatoms. The predicted molar refractivity (Wildman–Crippen MR) is 105 cm³/mol. The molecular weight excluding hydrogens is 412 g/mol. The Morgan fingerprint density at radius 1 is 1.19 bits per heavy atom. The number of carbonyl (C=O) groups is 2. The quantitative estimate of drug-likeness (QED) is 0.788. The molecule has 0 unspecified atom stereocenters. The van der Waals surface area contributed by atoms with Gasteiger partial charge in [-0.25, -0.2) is 0 Å². The summed E-state index contributed by atoms with van der Waals surface area (Å²) < 4.78 is 12.4. The molecule has 3 rings (SSSR count). The van der Waals surface area contributed by atoms with E-state index in [-0.39, 0.29) is 17.9 Å². The number of para-hydroxylation sites is 2. The van der Waals surface area contributed by atoms with Crippen LogP contribution in [-0.2, 0) is 4.79 Å². The lowest BCUT2D eigenvalue weighted by molar-refractivity contribution is -0.132. The Bertz CT molecular complexity index is 825. The lowest BCUT2D eigenvalue weighted by Gasteiger charge is -2.30. The number of benzene rings is 2. The normalized spacial score (nSPS) is 16.3. The van der Waals surface area contributed by atoms with Crippen molar-refractivity contribution < 1.29 is 19.1 Å². The van der Waals surface area contributed by atoms with Crippen LogP contribution in [-0.4, -0.2) is 49.1 Å². The summed E-state index contributed by atoms with van der Waals surface area (Å²) in [6, 6.07) is 13.8. The average molecular weight is 433 g/mol. The van der Waals surface area contributed by atoms with Gasteiger partial charge < -0.3 is 19.7 Å². The van der Waals surface area contributed by atoms with Crippen LogP contribution in [0.3, 0.4) is 0 Å². The van der Waals surface area contributed by atoms with Crippen molar-refractivity contribution in [2.24, 2.45) is 0 Å². The molecule has 1 N–H and O–H groups in total. The number of carbonyl (C=O) groups excluding carboxylic acids is 2. The van der Waals surface area contributed by atoms with Crippen LogP contribution in [0.15, 0.2) is 53.0 Å². The van der Waals surface area contributed by atoms with Crippen LogP contribution in [0.1, 0.15) is 17.3 Å². The van der Waals surface area contributed by atoms with Gasteiger partial charge in [-0.3, -0.25) is 9.59 Å². The third kappa shape index (κ3) is 4.80. The zero-order valence-electron chi connectivity index (χ0n) is 15.1. The summed E-state index contributed by atoms with van der Waals surface area (Å²) in [5.41, 5.74) is 0.501. The molecule has 0 radical (unpaired) electrons. The number of nitrogens with zero attached hydrogens (tertiary/aromatic N) is 1. The van der Waals surface area contributed by atoms with E-state index in [0.717, 1.165) is 4.47 Å². The fourth-order valence-electron chi connectivity index (χ4n) is 2.82. The van der Waals surface area contributed by atoms with Gasteiger partial charge in [0.15, 0.2) is 17.6 Å². The Kier molecular flexibility index (Phi) is 6.01. The second-order valence-corrected chi connectivity index (χ2v) is 7.33. The number of hydrogen-bond acceptors (Lipinski definition) is 4. The molecule has 142 valence electrons.